The van der Waals surface area contributed by atoms with Crippen molar-refractivity contribution in [3.63, 3.8) is 0 Å². The molecule has 0 spiro atoms. The molecule has 3 N–H and O–H groups in total. The number of hydrogen-bond donors (Lipinski definition) is 2. The summed E-state index contributed by atoms with van der Waals surface area (Å²) >= 11 is 0. The Labute approximate surface area is 169 Å². The number of fused-ring (bicyclic) bond motifs is 1. The fourth-order valence-corrected chi connectivity index (χ4v) is 2.53. The van der Waals surface area contributed by atoms with E-state index >= 15 is 0 Å². The molecule has 1 aliphatic heterocycles. The predicted molar refractivity (Wildman–Crippen MR) is 107 cm³/mol. The smallest absolute Gasteiger partial charge is 0.407 e. The number of aromatic nitrogens is 1. The Hall–Kier alpha value is -2.98. The van der Waals surface area contributed by atoms with Crippen molar-refractivity contribution in [1.82, 2.24) is 15.4 Å². The van der Waals surface area contributed by atoms with Crippen LogP contribution < -0.4 is 11.1 Å². The second-order valence-electron chi connectivity index (χ2n) is 6.16. The monoisotopic (exact) mass is 405 g/mol. The largest absolute Gasteiger partial charge is 0.447 e. The maximum Gasteiger partial charge on any atom is 0.407 e. The molecule has 1 aromatic rings. The Morgan fingerprint density at radius 3 is 2.90 bits per heavy atom. The van der Waals surface area contributed by atoms with Gasteiger partial charge < -0.3 is 20.5 Å². The molecule has 0 radical (unpaired) electrons. The number of pyridine rings is 1. The summed E-state index contributed by atoms with van der Waals surface area (Å²) in [6.07, 6.45) is 3.68. The van der Waals surface area contributed by atoms with Gasteiger partial charge in [-0.05, 0) is 24.6 Å². The predicted octanol–water partition coefficient (Wildman–Crippen LogP) is 1.40. The lowest BCUT2D eigenvalue weighted by Crippen LogP contribution is -2.37. The van der Waals surface area contributed by atoms with Crippen LogP contribution in [0.2, 0.25) is 0 Å². The van der Waals surface area contributed by atoms with E-state index in [0.717, 1.165) is 0 Å². The summed E-state index contributed by atoms with van der Waals surface area (Å²) < 4.78 is 9.68. The van der Waals surface area contributed by atoms with Gasteiger partial charge in [0, 0.05) is 44.0 Å². The number of aliphatic imine (C=N–C) groups is 1. The van der Waals surface area contributed by atoms with E-state index in [-0.39, 0.29) is 32.1 Å². The van der Waals surface area contributed by atoms with Gasteiger partial charge in [0.15, 0.2) is 5.82 Å². The van der Waals surface area contributed by atoms with Crippen LogP contribution in [0.1, 0.15) is 25.3 Å². The maximum absolute atomic E-state index is 13.0. The van der Waals surface area contributed by atoms with Crippen LogP contribution in [0.3, 0.4) is 0 Å². The molecule has 10 nitrogen and oxygen atoms in total. The molecule has 2 rings (SSSR count). The molecule has 29 heavy (non-hydrogen) atoms. The number of carbonyl (C=O) groups is 2. The molecule has 2 amide bonds. The number of methoxy groups -OCH3 is 1. The van der Waals surface area contributed by atoms with E-state index < -0.39 is 6.09 Å². The second-order valence-corrected chi connectivity index (χ2v) is 6.16. The minimum absolute atomic E-state index is 0.111. The first kappa shape index (κ1) is 22.3. The van der Waals surface area contributed by atoms with Crippen LogP contribution in [0.15, 0.2) is 28.9 Å². The Bertz CT molecular complexity index is 765. The lowest BCUT2D eigenvalue weighted by atomic mass is 10.1. The van der Waals surface area contributed by atoms with Crippen molar-refractivity contribution in [2.75, 3.05) is 40.0 Å². The number of alkyl carbamates (subject to hydrolysis) is 1. The highest BCUT2D eigenvalue weighted by Crippen LogP contribution is 2.24. The topological polar surface area (TPSA) is 128 Å². The van der Waals surface area contributed by atoms with Crippen molar-refractivity contribution >= 4 is 29.7 Å². The standard InChI is InChI=1S/C19H27N5O5/c1-3-8-24(29-9-7-22-19(26)28-11-10-27-2)18(25)15-12-14-5-4-6-21-17(14)23-16(20)13-15/h4-6,12H,3,7-11,13H2,1-2H3,(H,22,26)(H2,20,21,23). The van der Waals surface area contributed by atoms with E-state index in [1.807, 2.05) is 13.0 Å². The molecule has 0 bridgehead atoms. The summed E-state index contributed by atoms with van der Waals surface area (Å²) in [6.45, 7) is 3.12. The number of carbonyl (C=O) groups excluding carboxylic acids is 2. The molecular weight excluding hydrogens is 378 g/mol. The van der Waals surface area contributed by atoms with Crippen LogP contribution in [0.25, 0.3) is 6.08 Å². The zero-order valence-corrected chi connectivity index (χ0v) is 16.7. The highest BCUT2D eigenvalue weighted by Gasteiger charge is 2.22. The van der Waals surface area contributed by atoms with E-state index in [9.17, 15) is 9.59 Å². The third-order valence-corrected chi connectivity index (χ3v) is 3.83. The molecule has 1 aliphatic rings. The molecule has 0 fully saturated rings. The summed E-state index contributed by atoms with van der Waals surface area (Å²) in [4.78, 5) is 38.5. The molecule has 0 atom stereocenters. The number of hydrogen-bond acceptors (Lipinski definition) is 8. The van der Waals surface area contributed by atoms with Crippen LogP contribution in [0.5, 0.6) is 0 Å². The third kappa shape index (κ3) is 7.16. The van der Waals surface area contributed by atoms with Gasteiger partial charge in [-0.1, -0.05) is 6.92 Å². The molecule has 1 aromatic heterocycles. The van der Waals surface area contributed by atoms with E-state index in [1.165, 1.54) is 12.2 Å². The molecule has 2 heterocycles. The molecule has 0 aromatic carbocycles. The van der Waals surface area contributed by atoms with Gasteiger partial charge in [0.05, 0.1) is 13.2 Å². The Morgan fingerprint density at radius 2 is 2.14 bits per heavy atom. The van der Waals surface area contributed by atoms with E-state index in [0.29, 0.717) is 42.4 Å². The minimum Gasteiger partial charge on any atom is -0.447 e. The van der Waals surface area contributed by atoms with Gasteiger partial charge in [-0.2, -0.15) is 0 Å². The first-order valence-electron chi connectivity index (χ1n) is 9.38. The number of nitrogens with one attached hydrogen (secondary N) is 1. The average molecular weight is 405 g/mol. The molecule has 0 aliphatic carbocycles. The fraction of sp³-hybridized carbons (Fsp3) is 0.474. The molecule has 158 valence electrons. The number of nitrogens with two attached hydrogens (primary N) is 1. The number of rotatable bonds is 10. The molecular formula is C19H27N5O5. The number of amides is 2. The van der Waals surface area contributed by atoms with Crippen LogP contribution in [-0.2, 0) is 19.1 Å². The van der Waals surface area contributed by atoms with Gasteiger partial charge in [0.25, 0.3) is 5.91 Å². The van der Waals surface area contributed by atoms with Crippen molar-refractivity contribution < 1.29 is 23.9 Å². The summed E-state index contributed by atoms with van der Waals surface area (Å²) in [6, 6.07) is 3.59. The quantitative estimate of drug-likeness (QED) is 0.445. The first-order valence-corrected chi connectivity index (χ1v) is 9.38. The maximum atomic E-state index is 13.0. The molecule has 0 unspecified atom stereocenters. The van der Waals surface area contributed by atoms with Gasteiger partial charge >= 0.3 is 6.09 Å². The second kappa shape index (κ2) is 11.8. The lowest BCUT2D eigenvalue weighted by molar-refractivity contribution is -0.181. The fourth-order valence-electron chi connectivity index (χ4n) is 2.53. The van der Waals surface area contributed by atoms with Gasteiger partial charge in [-0.15, -0.1) is 0 Å². The number of ether oxygens (including phenoxy) is 2. The summed E-state index contributed by atoms with van der Waals surface area (Å²) in [5.74, 6) is 0.482. The van der Waals surface area contributed by atoms with Crippen molar-refractivity contribution in [1.29, 1.82) is 0 Å². The molecule has 0 saturated heterocycles. The molecule has 0 saturated carbocycles. The number of amidine groups is 1. The Kier molecular flexibility index (Phi) is 9.06. The SMILES string of the molecule is CCCN(OCCNC(=O)OCCOC)C(=O)C1=Cc2cccnc2N=C(N)C1. The Balaban J connectivity index is 1.94. The van der Waals surface area contributed by atoms with Crippen LogP contribution in [0, 0.1) is 0 Å². The lowest BCUT2D eigenvalue weighted by Gasteiger charge is -2.22. The van der Waals surface area contributed by atoms with E-state index in [2.05, 4.69) is 15.3 Å². The van der Waals surface area contributed by atoms with E-state index in [4.69, 9.17) is 20.0 Å². The Morgan fingerprint density at radius 1 is 1.31 bits per heavy atom. The third-order valence-electron chi connectivity index (χ3n) is 3.83. The van der Waals surface area contributed by atoms with E-state index in [1.54, 1.807) is 18.3 Å². The van der Waals surface area contributed by atoms with Gasteiger partial charge in [0.1, 0.15) is 12.4 Å². The van der Waals surface area contributed by atoms with Crippen LogP contribution in [0.4, 0.5) is 10.6 Å². The van der Waals surface area contributed by atoms with Crippen LogP contribution >= 0.6 is 0 Å². The average Bonchev–Trinajstić information content (AvgIpc) is 2.88. The van der Waals surface area contributed by atoms with Gasteiger partial charge in [-0.3, -0.25) is 9.63 Å². The highest BCUT2D eigenvalue weighted by atomic mass is 16.7. The van der Waals surface area contributed by atoms with Crippen molar-refractivity contribution in [3.05, 3.63) is 29.5 Å². The van der Waals surface area contributed by atoms with Crippen molar-refractivity contribution in [2.45, 2.75) is 19.8 Å². The summed E-state index contributed by atoms with van der Waals surface area (Å²) in [5, 5.41) is 3.82. The van der Waals surface area contributed by atoms with Crippen molar-refractivity contribution in [2.24, 2.45) is 10.7 Å². The van der Waals surface area contributed by atoms with Crippen LogP contribution in [-0.4, -0.2) is 67.9 Å². The molecule has 10 heteroatoms. The van der Waals surface area contributed by atoms with Gasteiger partial charge in [0.2, 0.25) is 0 Å². The zero-order chi connectivity index (χ0) is 21.1. The number of hydroxylamine groups is 2. The van der Waals surface area contributed by atoms with Gasteiger partial charge in [-0.25, -0.2) is 19.8 Å². The zero-order valence-electron chi connectivity index (χ0n) is 16.7. The normalized spacial score (nSPS) is 12.9. The minimum atomic E-state index is -0.571. The number of nitrogens with zero attached hydrogens (tertiary/aromatic N) is 3. The van der Waals surface area contributed by atoms with Crippen molar-refractivity contribution in [3.8, 4) is 0 Å². The summed E-state index contributed by atoms with van der Waals surface area (Å²) in [7, 11) is 1.52. The highest BCUT2D eigenvalue weighted by molar-refractivity contribution is 6.04. The first-order chi connectivity index (χ1) is 14.0. The summed E-state index contributed by atoms with van der Waals surface area (Å²) in [5.41, 5.74) is 7.12.